The Morgan fingerprint density at radius 3 is 2.54 bits per heavy atom. The maximum absolute atomic E-state index is 13.2. The van der Waals surface area contributed by atoms with E-state index in [2.05, 4.69) is 0 Å². The molecule has 0 radical (unpaired) electrons. The second kappa shape index (κ2) is 5.97. The molecule has 3 atom stereocenters. The van der Waals surface area contributed by atoms with Crippen LogP contribution in [0.5, 0.6) is 11.5 Å². The van der Waals surface area contributed by atoms with Gasteiger partial charge < -0.3 is 19.9 Å². The number of hydrogen-bond acceptors (Lipinski definition) is 6. The second-order valence-electron chi connectivity index (χ2n) is 6.91. The highest BCUT2D eigenvalue weighted by atomic mass is 32.2. The Hall–Kier alpha value is -2.09. The van der Waals surface area contributed by atoms with E-state index in [1.165, 1.54) is 7.11 Å². The molecular formula is C19H21NO5S. The highest BCUT2D eigenvalue weighted by molar-refractivity contribution is 7.92. The number of nitrogens with two attached hydrogens (primary N) is 1. The normalized spacial score (nSPS) is 26.7. The molecule has 0 bridgehead atoms. The number of aryl methyl sites for hydroxylation is 1. The first kappa shape index (κ1) is 17.3. The lowest BCUT2D eigenvalue weighted by Gasteiger charge is -2.11. The van der Waals surface area contributed by atoms with Crippen molar-refractivity contribution in [2.45, 2.75) is 28.5 Å². The standard InChI is InChI=1S/C19H21NO5S/c1-12-3-6-14(7-4-12)26(21,22)18-17(19(18,20)10-23-2)13-5-8-15-16(9-13)25-11-24-15/h3-9,17-18H,10-11,20H2,1-2H3. The Kier molecular flexibility index (Phi) is 3.98. The molecule has 1 aliphatic heterocycles. The van der Waals surface area contributed by atoms with Gasteiger partial charge in [-0.3, -0.25) is 0 Å². The van der Waals surface area contributed by atoms with Gasteiger partial charge in [-0.05, 0) is 36.8 Å². The molecular weight excluding hydrogens is 354 g/mol. The van der Waals surface area contributed by atoms with E-state index in [4.69, 9.17) is 19.9 Å². The molecule has 3 unspecified atom stereocenters. The van der Waals surface area contributed by atoms with Crippen molar-refractivity contribution >= 4 is 9.84 Å². The Bertz CT molecular complexity index is 941. The van der Waals surface area contributed by atoms with Crippen LogP contribution in [-0.4, -0.2) is 39.7 Å². The van der Waals surface area contributed by atoms with E-state index in [1.54, 1.807) is 30.3 Å². The minimum absolute atomic E-state index is 0.155. The van der Waals surface area contributed by atoms with E-state index >= 15 is 0 Å². The molecule has 1 fully saturated rings. The molecule has 2 aromatic rings. The maximum atomic E-state index is 13.2. The number of fused-ring (bicyclic) bond motifs is 1. The van der Waals surface area contributed by atoms with Gasteiger partial charge in [-0.2, -0.15) is 0 Å². The lowest BCUT2D eigenvalue weighted by atomic mass is 10.1. The minimum Gasteiger partial charge on any atom is -0.454 e. The van der Waals surface area contributed by atoms with Crippen LogP contribution in [0.3, 0.4) is 0 Å². The number of benzene rings is 2. The molecule has 6 nitrogen and oxygen atoms in total. The van der Waals surface area contributed by atoms with E-state index in [-0.39, 0.29) is 24.2 Å². The third-order valence-corrected chi connectivity index (χ3v) is 7.45. The summed E-state index contributed by atoms with van der Waals surface area (Å²) >= 11 is 0. The molecule has 1 aliphatic carbocycles. The lowest BCUT2D eigenvalue weighted by molar-refractivity contribution is 0.171. The molecule has 26 heavy (non-hydrogen) atoms. The van der Waals surface area contributed by atoms with Crippen LogP contribution in [0, 0.1) is 6.92 Å². The molecule has 1 heterocycles. The molecule has 0 saturated heterocycles. The number of rotatable bonds is 5. The molecule has 0 spiro atoms. The predicted octanol–water partition coefficient (Wildman–Crippen LogP) is 2.01. The predicted molar refractivity (Wildman–Crippen MR) is 96.3 cm³/mol. The van der Waals surface area contributed by atoms with Gasteiger partial charge in [0.25, 0.3) is 0 Å². The summed E-state index contributed by atoms with van der Waals surface area (Å²) < 4.78 is 42.4. The fourth-order valence-corrected chi connectivity index (χ4v) is 6.07. The monoisotopic (exact) mass is 375 g/mol. The summed E-state index contributed by atoms with van der Waals surface area (Å²) in [6, 6.07) is 12.3. The van der Waals surface area contributed by atoms with E-state index in [9.17, 15) is 8.42 Å². The van der Waals surface area contributed by atoms with Crippen molar-refractivity contribution in [1.82, 2.24) is 0 Å². The van der Waals surface area contributed by atoms with Gasteiger partial charge in [-0.25, -0.2) is 8.42 Å². The Balaban J connectivity index is 1.73. The van der Waals surface area contributed by atoms with Crippen molar-refractivity contribution in [2.24, 2.45) is 5.73 Å². The van der Waals surface area contributed by atoms with Crippen molar-refractivity contribution in [1.29, 1.82) is 0 Å². The van der Waals surface area contributed by atoms with E-state index < -0.39 is 20.6 Å². The summed E-state index contributed by atoms with van der Waals surface area (Å²) in [7, 11) is -2.07. The van der Waals surface area contributed by atoms with Crippen LogP contribution >= 0.6 is 0 Å². The number of methoxy groups -OCH3 is 1. The van der Waals surface area contributed by atoms with E-state index in [0.29, 0.717) is 11.5 Å². The fourth-order valence-electron chi connectivity index (χ4n) is 3.78. The molecule has 0 amide bonds. The van der Waals surface area contributed by atoms with Gasteiger partial charge in [0.15, 0.2) is 21.3 Å². The number of ether oxygens (including phenoxy) is 3. The third kappa shape index (κ3) is 2.58. The largest absolute Gasteiger partial charge is 0.454 e. The van der Waals surface area contributed by atoms with Crippen molar-refractivity contribution in [3.05, 3.63) is 53.6 Å². The van der Waals surface area contributed by atoms with Gasteiger partial charge in [0.2, 0.25) is 6.79 Å². The fraction of sp³-hybridized carbons (Fsp3) is 0.368. The SMILES string of the molecule is COCC1(N)C(c2ccc3c(c2)OCO3)C1S(=O)(=O)c1ccc(C)cc1. The van der Waals surface area contributed by atoms with Crippen LogP contribution in [0.25, 0.3) is 0 Å². The van der Waals surface area contributed by atoms with Crippen molar-refractivity contribution in [2.75, 3.05) is 20.5 Å². The smallest absolute Gasteiger partial charge is 0.231 e. The van der Waals surface area contributed by atoms with E-state index in [1.807, 2.05) is 19.1 Å². The molecule has 4 rings (SSSR count). The summed E-state index contributed by atoms with van der Waals surface area (Å²) in [6.07, 6.45) is 0. The Morgan fingerprint density at radius 1 is 1.15 bits per heavy atom. The number of sulfone groups is 1. The molecule has 0 aromatic heterocycles. The molecule has 2 aliphatic rings. The quantitative estimate of drug-likeness (QED) is 0.860. The first-order chi connectivity index (χ1) is 12.4. The average molecular weight is 375 g/mol. The first-order valence-electron chi connectivity index (χ1n) is 8.36. The zero-order valence-corrected chi connectivity index (χ0v) is 15.5. The highest BCUT2D eigenvalue weighted by Gasteiger charge is 2.69. The van der Waals surface area contributed by atoms with Gasteiger partial charge in [0.05, 0.1) is 22.3 Å². The second-order valence-corrected chi connectivity index (χ2v) is 8.98. The summed E-state index contributed by atoms with van der Waals surface area (Å²) in [5.41, 5.74) is 7.34. The zero-order chi connectivity index (χ0) is 18.5. The van der Waals surface area contributed by atoms with Crippen molar-refractivity contribution in [3.63, 3.8) is 0 Å². The van der Waals surface area contributed by atoms with Gasteiger partial charge in [0.1, 0.15) is 0 Å². The minimum atomic E-state index is -3.60. The van der Waals surface area contributed by atoms with Crippen LogP contribution in [0.1, 0.15) is 17.0 Å². The zero-order valence-electron chi connectivity index (χ0n) is 14.6. The maximum Gasteiger partial charge on any atom is 0.231 e. The molecule has 2 N–H and O–H groups in total. The van der Waals surface area contributed by atoms with Crippen molar-refractivity contribution in [3.8, 4) is 11.5 Å². The molecule has 1 saturated carbocycles. The summed E-state index contributed by atoms with van der Waals surface area (Å²) in [4.78, 5) is 0.280. The average Bonchev–Trinajstić information content (AvgIpc) is 2.99. The van der Waals surface area contributed by atoms with Crippen molar-refractivity contribution < 1.29 is 22.6 Å². The van der Waals surface area contributed by atoms with Crippen LogP contribution < -0.4 is 15.2 Å². The van der Waals surface area contributed by atoms with Gasteiger partial charge in [-0.1, -0.05) is 23.8 Å². The molecule has 7 heteroatoms. The van der Waals surface area contributed by atoms with Crippen LogP contribution in [0.15, 0.2) is 47.4 Å². The first-order valence-corrected chi connectivity index (χ1v) is 9.90. The van der Waals surface area contributed by atoms with Gasteiger partial charge in [0, 0.05) is 13.0 Å². The Morgan fingerprint density at radius 2 is 1.85 bits per heavy atom. The number of hydrogen-bond donors (Lipinski definition) is 1. The summed E-state index contributed by atoms with van der Waals surface area (Å²) in [6.45, 7) is 2.24. The van der Waals surface area contributed by atoms with Crippen LogP contribution in [0.4, 0.5) is 0 Å². The molecule has 2 aromatic carbocycles. The lowest BCUT2D eigenvalue weighted by Crippen LogP contribution is -2.35. The van der Waals surface area contributed by atoms with E-state index in [0.717, 1.165) is 11.1 Å². The summed E-state index contributed by atoms with van der Waals surface area (Å²) in [5, 5.41) is -0.752. The van der Waals surface area contributed by atoms with Crippen LogP contribution in [-0.2, 0) is 14.6 Å². The van der Waals surface area contributed by atoms with Gasteiger partial charge >= 0.3 is 0 Å². The molecule has 138 valence electrons. The van der Waals surface area contributed by atoms with Gasteiger partial charge in [-0.15, -0.1) is 0 Å². The Labute approximate surface area is 152 Å². The summed E-state index contributed by atoms with van der Waals surface area (Å²) in [5.74, 6) is 0.894. The topological polar surface area (TPSA) is 87.8 Å². The third-order valence-electron chi connectivity index (χ3n) is 5.14. The van der Waals surface area contributed by atoms with Crippen LogP contribution in [0.2, 0.25) is 0 Å². The highest BCUT2D eigenvalue weighted by Crippen LogP contribution is 2.56.